The molecule has 2 amide bonds. The minimum atomic E-state index is -3.80. The highest BCUT2D eigenvalue weighted by molar-refractivity contribution is 7.90. The van der Waals surface area contributed by atoms with E-state index in [2.05, 4.69) is 15.2 Å². The Morgan fingerprint density at radius 1 is 1.02 bits per heavy atom. The molecule has 0 spiro atoms. The number of nitrogens with zero attached hydrogens (tertiary/aromatic N) is 2. The van der Waals surface area contributed by atoms with E-state index in [4.69, 9.17) is 5.11 Å². The van der Waals surface area contributed by atoms with Gasteiger partial charge in [-0.05, 0) is 68.4 Å². The van der Waals surface area contributed by atoms with Crippen LogP contribution in [0.15, 0.2) is 47.4 Å². The summed E-state index contributed by atoms with van der Waals surface area (Å²) in [7, 11) is -1.77. The number of anilines is 1. The number of carbonyl (C=O) groups is 3. The standard InChI is InChI=1S/C29H30N4O6S/c1-17-25(30-18(2)26(17)28(35)33-12-10-32(3)11-13-33)15-23-22-14-21(8-9-24(22)31-27(23)34)40(38,39)16-19-4-6-20(7-5-19)29(36)37/h4-9,14-15,30H,10-13,16H2,1-3H3,(H,31,34)(H,36,37)/b23-15-. The number of aromatic carboxylic acids is 1. The Morgan fingerprint density at radius 3 is 2.35 bits per heavy atom. The summed E-state index contributed by atoms with van der Waals surface area (Å²) in [6.07, 6.45) is 1.66. The number of likely N-dealkylation sites (N-methyl/N-ethyl adjacent to an activating group) is 1. The van der Waals surface area contributed by atoms with E-state index in [1.165, 1.54) is 36.4 Å². The molecule has 10 nitrogen and oxygen atoms in total. The number of amides is 2. The first kappa shape index (κ1) is 27.4. The van der Waals surface area contributed by atoms with Gasteiger partial charge in [-0.2, -0.15) is 0 Å². The van der Waals surface area contributed by atoms with Crippen LogP contribution in [0.3, 0.4) is 0 Å². The normalized spacial score (nSPS) is 16.7. The molecular weight excluding hydrogens is 532 g/mol. The van der Waals surface area contributed by atoms with Crippen LogP contribution in [0.1, 0.15) is 48.8 Å². The van der Waals surface area contributed by atoms with E-state index < -0.39 is 15.8 Å². The molecule has 11 heteroatoms. The fraction of sp³-hybridized carbons (Fsp3) is 0.276. The number of piperazine rings is 1. The quantitative estimate of drug-likeness (QED) is 0.392. The third-order valence-corrected chi connectivity index (χ3v) is 9.15. The Kier molecular flexibility index (Phi) is 7.11. The van der Waals surface area contributed by atoms with E-state index in [9.17, 15) is 22.8 Å². The van der Waals surface area contributed by atoms with Gasteiger partial charge in [-0.15, -0.1) is 0 Å². The summed E-state index contributed by atoms with van der Waals surface area (Å²) < 4.78 is 26.4. The highest BCUT2D eigenvalue weighted by Gasteiger charge is 2.29. The number of nitrogens with one attached hydrogen (secondary N) is 2. The fourth-order valence-corrected chi connectivity index (χ4v) is 6.47. The zero-order chi connectivity index (χ0) is 28.8. The van der Waals surface area contributed by atoms with E-state index in [0.29, 0.717) is 52.4 Å². The van der Waals surface area contributed by atoms with Crippen molar-refractivity contribution in [1.29, 1.82) is 0 Å². The predicted molar refractivity (Wildman–Crippen MR) is 151 cm³/mol. The second-order valence-corrected chi connectivity index (χ2v) is 12.2. The van der Waals surface area contributed by atoms with Crippen LogP contribution >= 0.6 is 0 Å². The summed E-state index contributed by atoms with van der Waals surface area (Å²) in [6.45, 7) is 6.57. The lowest BCUT2D eigenvalue weighted by Crippen LogP contribution is -2.47. The molecule has 1 aromatic heterocycles. The summed E-state index contributed by atoms with van der Waals surface area (Å²) in [4.78, 5) is 44.6. The lowest BCUT2D eigenvalue weighted by Gasteiger charge is -2.32. The molecule has 0 radical (unpaired) electrons. The molecule has 40 heavy (non-hydrogen) atoms. The summed E-state index contributed by atoms with van der Waals surface area (Å²) in [5.74, 6) is -1.83. The number of carbonyl (C=O) groups excluding carboxylic acids is 2. The number of rotatable bonds is 6. The van der Waals surface area contributed by atoms with Crippen molar-refractivity contribution in [2.45, 2.75) is 24.5 Å². The first-order valence-corrected chi connectivity index (χ1v) is 14.5. The maximum absolute atomic E-state index is 13.3. The molecule has 2 aliphatic heterocycles. The molecule has 1 saturated heterocycles. The fourth-order valence-electron chi connectivity index (χ4n) is 5.10. The molecule has 0 aliphatic carbocycles. The van der Waals surface area contributed by atoms with Gasteiger partial charge in [0.05, 0.1) is 27.3 Å². The molecule has 208 valence electrons. The van der Waals surface area contributed by atoms with Crippen LogP contribution in [0.5, 0.6) is 0 Å². The first-order chi connectivity index (χ1) is 18.9. The number of sulfone groups is 1. The largest absolute Gasteiger partial charge is 0.478 e. The van der Waals surface area contributed by atoms with Crippen molar-refractivity contribution in [3.63, 3.8) is 0 Å². The van der Waals surface area contributed by atoms with Crippen LogP contribution in [0, 0.1) is 13.8 Å². The van der Waals surface area contributed by atoms with Gasteiger partial charge in [0, 0.05) is 48.8 Å². The third kappa shape index (κ3) is 5.17. The summed E-state index contributed by atoms with van der Waals surface area (Å²) >= 11 is 0. The van der Waals surface area contributed by atoms with Crippen LogP contribution in [-0.2, 0) is 20.4 Å². The molecule has 3 heterocycles. The summed E-state index contributed by atoms with van der Waals surface area (Å²) in [5, 5.41) is 11.9. The molecule has 2 aromatic carbocycles. The molecule has 1 fully saturated rings. The SMILES string of the molecule is Cc1[nH]c(/C=C2\C(=O)Nc3ccc(S(=O)(=O)Cc4ccc(C(=O)O)cc4)cc32)c(C)c1C(=O)N1CCN(C)CC1. The van der Waals surface area contributed by atoms with Gasteiger partial charge in [-0.1, -0.05) is 12.1 Å². The monoisotopic (exact) mass is 562 g/mol. The number of hydrogen-bond donors (Lipinski definition) is 3. The van der Waals surface area contributed by atoms with Gasteiger partial charge in [0.25, 0.3) is 11.8 Å². The Balaban J connectivity index is 1.44. The molecule has 0 unspecified atom stereocenters. The summed E-state index contributed by atoms with van der Waals surface area (Å²) in [5.41, 5.74) is 4.38. The maximum atomic E-state index is 13.3. The van der Waals surface area contributed by atoms with E-state index in [1.807, 2.05) is 25.8 Å². The smallest absolute Gasteiger partial charge is 0.335 e. The zero-order valence-electron chi connectivity index (χ0n) is 22.4. The van der Waals surface area contributed by atoms with E-state index >= 15 is 0 Å². The molecule has 0 atom stereocenters. The Bertz CT molecular complexity index is 1660. The topological polar surface area (TPSA) is 140 Å². The van der Waals surface area contributed by atoms with Crippen LogP contribution in [-0.4, -0.2) is 79.3 Å². The number of carboxylic acid groups (broad SMARTS) is 1. The van der Waals surface area contributed by atoms with Crippen molar-refractivity contribution >= 4 is 45.0 Å². The minimum Gasteiger partial charge on any atom is -0.478 e. The van der Waals surface area contributed by atoms with Crippen LogP contribution in [0.4, 0.5) is 5.69 Å². The number of fused-ring (bicyclic) bond motifs is 1. The van der Waals surface area contributed by atoms with Gasteiger partial charge in [0.2, 0.25) is 0 Å². The minimum absolute atomic E-state index is 0.0429. The lowest BCUT2D eigenvalue weighted by atomic mass is 10.0. The molecule has 2 aliphatic rings. The van der Waals surface area contributed by atoms with E-state index in [1.54, 1.807) is 12.1 Å². The number of aromatic nitrogens is 1. The molecule has 3 N–H and O–H groups in total. The Hall–Kier alpha value is -4.22. The lowest BCUT2D eigenvalue weighted by molar-refractivity contribution is -0.110. The molecule has 0 bridgehead atoms. The Morgan fingerprint density at radius 2 is 1.70 bits per heavy atom. The van der Waals surface area contributed by atoms with Crippen molar-refractivity contribution in [2.24, 2.45) is 0 Å². The second-order valence-electron chi connectivity index (χ2n) is 10.2. The van der Waals surface area contributed by atoms with Gasteiger partial charge in [0.15, 0.2) is 9.84 Å². The van der Waals surface area contributed by atoms with E-state index in [-0.39, 0.29) is 28.0 Å². The van der Waals surface area contributed by atoms with Crippen molar-refractivity contribution < 1.29 is 27.9 Å². The van der Waals surface area contributed by atoms with Gasteiger partial charge in [-0.25, -0.2) is 13.2 Å². The van der Waals surface area contributed by atoms with E-state index in [0.717, 1.165) is 18.7 Å². The average Bonchev–Trinajstić information content (AvgIpc) is 3.37. The zero-order valence-corrected chi connectivity index (χ0v) is 23.3. The number of aromatic amines is 1. The second kappa shape index (κ2) is 10.4. The number of carboxylic acids is 1. The van der Waals surface area contributed by atoms with Crippen LogP contribution in [0.25, 0.3) is 11.6 Å². The van der Waals surface area contributed by atoms with Crippen molar-refractivity contribution in [1.82, 2.24) is 14.8 Å². The maximum Gasteiger partial charge on any atom is 0.335 e. The number of aryl methyl sites for hydroxylation is 1. The van der Waals surface area contributed by atoms with Crippen molar-refractivity contribution in [2.75, 3.05) is 38.5 Å². The third-order valence-electron chi connectivity index (χ3n) is 7.46. The van der Waals surface area contributed by atoms with Crippen LogP contribution in [0.2, 0.25) is 0 Å². The molecule has 0 saturated carbocycles. The van der Waals surface area contributed by atoms with Gasteiger partial charge < -0.3 is 25.2 Å². The number of hydrogen-bond acceptors (Lipinski definition) is 6. The highest BCUT2D eigenvalue weighted by Crippen LogP contribution is 2.36. The van der Waals surface area contributed by atoms with Gasteiger partial charge >= 0.3 is 5.97 Å². The van der Waals surface area contributed by atoms with Crippen molar-refractivity contribution in [3.05, 3.63) is 81.7 Å². The van der Waals surface area contributed by atoms with Gasteiger partial charge in [-0.3, -0.25) is 9.59 Å². The Labute approximate surface area is 232 Å². The number of benzene rings is 2. The summed E-state index contributed by atoms with van der Waals surface area (Å²) in [6, 6.07) is 10.2. The first-order valence-electron chi connectivity index (χ1n) is 12.8. The van der Waals surface area contributed by atoms with Crippen molar-refractivity contribution in [3.8, 4) is 0 Å². The predicted octanol–water partition coefficient (Wildman–Crippen LogP) is 3.18. The number of H-pyrrole nitrogens is 1. The van der Waals surface area contributed by atoms with Crippen LogP contribution < -0.4 is 5.32 Å². The molecule has 3 aromatic rings. The molecular formula is C29H30N4O6S. The highest BCUT2D eigenvalue weighted by atomic mass is 32.2. The molecule has 5 rings (SSSR count). The average molecular weight is 563 g/mol. The van der Waals surface area contributed by atoms with Gasteiger partial charge in [0.1, 0.15) is 0 Å².